The van der Waals surface area contributed by atoms with Crippen molar-refractivity contribution in [2.24, 2.45) is 5.92 Å². The van der Waals surface area contributed by atoms with Crippen LogP contribution in [-0.4, -0.2) is 18.0 Å². The summed E-state index contributed by atoms with van der Waals surface area (Å²) in [5, 5.41) is 19.9. The average Bonchev–Trinajstić information content (AvgIpc) is 2.71. The van der Waals surface area contributed by atoms with Crippen LogP contribution >= 0.6 is 0 Å². The number of nitriles is 1. The van der Waals surface area contributed by atoms with E-state index in [2.05, 4.69) is 11.8 Å². The van der Waals surface area contributed by atoms with Gasteiger partial charge in [0.05, 0.1) is 4.92 Å². The zero-order chi connectivity index (χ0) is 14.5. The fourth-order valence-electron chi connectivity index (χ4n) is 2.80. The van der Waals surface area contributed by atoms with E-state index in [1.165, 1.54) is 18.9 Å². The van der Waals surface area contributed by atoms with E-state index in [0.717, 1.165) is 37.5 Å². The van der Waals surface area contributed by atoms with E-state index < -0.39 is 4.92 Å². The molecule has 0 radical (unpaired) electrons. The largest absolute Gasteiger partial charge is 0.371 e. The number of hydrogen-bond donors (Lipinski definition) is 0. The maximum Gasteiger partial charge on any atom is 0.287 e. The Labute approximate surface area is 119 Å². The molecule has 1 fully saturated rings. The van der Waals surface area contributed by atoms with E-state index in [0.29, 0.717) is 0 Å². The third-order valence-electron chi connectivity index (χ3n) is 4.09. The molecule has 1 aromatic carbocycles. The predicted molar refractivity (Wildman–Crippen MR) is 77.7 cm³/mol. The van der Waals surface area contributed by atoms with Crippen molar-refractivity contribution in [1.29, 1.82) is 5.26 Å². The highest BCUT2D eigenvalue weighted by molar-refractivity contribution is 5.59. The summed E-state index contributed by atoms with van der Waals surface area (Å²) in [4.78, 5) is 12.6. The molecule has 1 heterocycles. The van der Waals surface area contributed by atoms with Gasteiger partial charge in [-0.1, -0.05) is 13.3 Å². The number of nitrogens with zero attached hydrogens (tertiary/aromatic N) is 3. The summed E-state index contributed by atoms with van der Waals surface area (Å²) in [5.74, 6) is 0.772. The van der Waals surface area contributed by atoms with Crippen LogP contribution in [0.5, 0.6) is 0 Å². The van der Waals surface area contributed by atoms with Gasteiger partial charge in [-0.3, -0.25) is 10.1 Å². The van der Waals surface area contributed by atoms with Crippen LogP contribution in [0.4, 0.5) is 11.4 Å². The molecule has 20 heavy (non-hydrogen) atoms. The summed E-state index contributed by atoms with van der Waals surface area (Å²) in [6, 6.07) is 6.76. The molecule has 1 atom stereocenters. The van der Waals surface area contributed by atoms with E-state index in [1.54, 1.807) is 12.1 Å². The van der Waals surface area contributed by atoms with Crippen molar-refractivity contribution in [3.8, 4) is 6.07 Å². The van der Waals surface area contributed by atoms with Crippen LogP contribution in [0.15, 0.2) is 18.2 Å². The topological polar surface area (TPSA) is 70.2 Å². The molecule has 1 aromatic rings. The Hall–Kier alpha value is -2.09. The number of benzene rings is 1. The van der Waals surface area contributed by atoms with Gasteiger partial charge in [-0.25, -0.2) is 0 Å². The second kappa shape index (κ2) is 6.38. The summed E-state index contributed by atoms with van der Waals surface area (Å²) in [6.45, 7) is 4.14. The number of hydrogen-bond acceptors (Lipinski definition) is 4. The molecule has 5 nitrogen and oxygen atoms in total. The molecule has 0 N–H and O–H groups in total. The summed E-state index contributed by atoms with van der Waals surface area (Å²) < 4.78 is 0. The van der Waals surface area contributed by atoms with Gasteiger partial charge < -0.3 is 4.90 Å². The Morgan fingerprint density at radius 2 is 2.25 bits per heavy atom. The first-order valence-electron chi connectivity index (χ1n) is 7.09. The highest BCUT2D eigenvalue weighted by Gasteiger charge is 2.19. The highest BCUT2D eigenvalue weighted by Crippen LogP contribution is 2.28. The molecule has 0 spiro atoms. The third kappa shape index (κ3) is 3.08. The number of nitro benzene ring substituents is 1. The van der Waals surface area contributed by atoms with E-state index in [-0.39, 0.29) is 11.3 Å². The van der Waals surface area contributed by atoms with Crippen LogP contribution in [0.3, 0.4) is 0 Å². The molecule has 0 saturated carbocycles. The van der Waals surface area contributed by atoms with Gasteiger partial charge in [0.1, 0.15) is 11.6 Å². The van der Waals surface area contributed by atoms with Crippen molar-refractivity contribution in [2.45, 2.75) is 32.6 Å². The molecule has 5 heteroatoms. The molecule has 106 valence electrons. The molecule has 0 aromatic heterocycles. The summed E-state index contributed by atoms with van der Waals surface area (Å²) in [6.07, 6.45) is 4.73. The second-order valence-corrected chi connectivity index (χ2v) is 5.26. The summed E-state index contributed by atoms with van der Waals surface area (Å²) >= 11 is 0. The first kappa shape index (κ1) is 14.3. The van der Waals surface area contributed by atoms with Gasteiger partial charge in [0.2, 0.25) is 0 Å². The number of rotatable bonds is 3. The SMILES string of the molecule is CCC1CCCN(c2ccc([N+](=O)[O-])c(C#N)c2)CC1. The van der Waals surface area contributed by atoms with Crippen LogP contribution < -0.4 is 4.90 Å². The minimum absolute atomic E-state index is 0.113. The van der Waals surface area contributed by atoms with Gasteiger partial charge >= 0.3 is 0 Å². The lowest BCUT2D eigenvalue weighted by Gasteiger charge is -2.23. The lowest BCUT2D eigenvalue weighted by molar-refractivity contribution is -0.385. The normalized spacial score (nSPS) is 19.2. The molecule has 0 bridgehead atoms. The Morgan fingerprint density at radius 3 is 2.90 bits per heavy atom. The third-order valence-corrected chi connectivity index (χ3v) is 4.09. The van der Waals surface area contributed by atoms with Gasteiger partial charge in [0.15, 0.2) is 0 Å². The van der Waals surface area contributed by atoms with Crippen LogP contribution in [0, 0.1) is 27.4 Å². The van der Waals surface area contributed by atoms with Crippen molar-refractivity contribution >= 4 is 11.4 Å². The van der Waals surface area contributed by atoms with Gasteiger partial charge in [-0.15, -0.1) is 0 Å². The lowest BCUT2D eigenvalue weighted by atomic mass is 9.98. The quantitative estimate of drug-likeness (QED) is 0.624. The Kier molecular flexibility index (Phi) is 4.57. The van der Waals surface area contributed by atoms with Crippen molar-refractivity contribution in [2.75, 3.05) is 18.0 Å². The molecule has 1 unspecified atom stereocenters. The minimum atomic E-state index is -0.502. The van der Waals surface area contributed by atoms with Crippen LogP contribution in [0.25, 0.3) is 0 Å². The molecule has 1 aliphatic rings. The fraction of sp³-hybridized carbons (Fsp3) is 0.533. The van der Waals surface area contributed by atoms with E-state index in [1.807, 2.05) is 6.07 Å². The molecule has 0 aliphatic carbocycles. The number of anilines is 1. The maximum absolute atomic E-state index is 10.8. The Morgan fingerprint density at radius 1 is 1.45 bits per heavy atom. The Bertz CT molecular complexity index is 536. The molecule has 1 aliphatic heterocycles. The van der Waals surface area contributed by atoms with E-state index >= 15 is 0 Å². The van der Waals surface area contributed by atoms with Gasteiger partial charge in [-0.05, 0) is 37.3 Å². The lowest BCUT2D eigenvalue weighted by Crippen LogP contribution is -2.24. The van der Waals surface area contributed by atoms with E-state index in [9.17, 15) is 10.1 Å². The van der Waals surface area contributed by atoms with Crippen LogP contribution in [-0.2, 0) is 0 Å². The molecular weight excluding hydrogens is 254 g/mol. The minimum Gasteiger partial charge on any atom is -0.371 e. The summed E-state index contributed by atoms with van der Waals surface area (Å²) in [7, 11) is 0. The maximum atomic E-state index is 10.8. The zero-order valence-corrected chi connectivity index (χ0v) is 11.7. The number of nitro groups is 1. The van der Waals surface area contributed by atoms with Crippen molar-refractivity contribution in [1.82, 2.24) is 0 Å². The fourth-order valence-corrected chi connectivity index (χ4v) is 2.80. The van der Waals surface area contributed by atoms with Gasteiger partial charge in [0, 0.05) is 24.8 Å². The summed E-state index contributed by atoms with van der Waals surface area (Å²) in [5.41, 5.74) is 0.949. The van der Waals surface area contributed by atoms with E-state index in [4.69, 9.17) is 5.26 Å². The smallest absolute Gasteiger partial charge is 0.287 e. The first-order chi connectivity index (χ1) is 9.65. The van der Waals surface area contributed by atoms with Crippen molar-refractivity contribution in [3.63, 3.8) is 0 Å². The van der Waals surface area contributed by atoms with Crippen LogP contribution in [0.2, 0.25) is 0 Å². The first-order valence-corrected chi connectivity index (χ1v) is 7.09. The van der Waals surface area contributed by atoms with Gasteiger partial charge in [0.25, 0.3) is 5.69 Å². The highest BCUT2D eigenvalue weighted by atomic mass is 16.6. The van der Waals surface area contributed by atoms with Crippen LogP contribution in [0.1, 0.15) is 38.2 Å². The van der Waals surface area contributed by atoms with Gasteiger partial charge in [-0.2, -0.15) is 5.26 Å². The molecule has 1 saturated heterocycles. The standard InChI is InChI=1S/C15H19N3O2/c1-2-12-4-3-8-17(9-7-12)14-5-6-15(18(19)20)13(10-14)11-16/h5-6,10,12H,2-4,7-9H2,1H3. The predicted octanol–water partition coefficient (Wildman–Crippen LogP) is 3.48. The Balaban J connectivity index is 2.21. The molecule has 0 amide bonds. The zero-order valence-electron chi connectivity index (χ0n) is 11.7. The van der Waals surface area contributed by atoms with Crippen molar-refractivity contribution < 1.29 is 4.92 Å². The second-order valence-electron chi connectivity index (χ2n) is 5.26. The molecule has 2 rings (SSSR count). The average molecular weight is 273 g/mol. The molecular formula is C15H19N3O2. The van der Waals surface area contributed by atoms with Crippen molar-refractivity contribution in [3.05, 3.63) is 33.9 Å². The monoisotopic (exact) mass is 273 g/mol.